The Labute approximate surface area is 120 Å². The van der Waals surface area contributed by atoms with Crippen LogP contribution in [0.15, 0.2) is 29.3 Å². The van der Waals surface area contributed by atoms with Crippen molar-refractivity contribution in [2.75, 3.05) is 5.73 Å². The lowest BCUT2D eigenvalue weighted by Gasteiger charge is -2.10. The van der Waals surface area contributed by atoms with Crippen LogP contribution in [0.1, 0.15) is 11.1 Å². The molecule has 1 aromatic carbocycles. The minimum atomic E-state index is 0.0430. The Morgan fingerprint density at radius 3 is 2.47 bits per heavy atom. The summed E-state index contributed by atoms with van der Waals surface area (Å²) < 4.78 is 0. The summed E-state index contributed by atoms with van der Waals surface area (Å²) in [5.41, 5.74) is 7.10. The third-order valence-corrected chi connectivity index (χ3v) is 3.10. The number of nitrogen functional groups attached to an aromatic ring is 1. The van der Waals surface area contributed by atoms with Crippen molar-refractivity contribution >= 4 is 30.0 Å². The molecule has 2 aromatic rings. The number of rotatable bonds is 1. The second-order valence-corrected chi connectivity index (χ2v) is 4.54. The Balaban J connectivity index is 2.89. The molecule has 92 valence electrons. The number of benzene rings is 1. The molecular formula is C13H7ClN4S. The van der Waals surface area contributed by atoms with Gasteiger partial charge in [0.15, 0.2) is 0 Å². The molecule has 0 aliphatic heterocycles. The molecule has 1 aromatic heterocycles. The summed E-state index contributed by atoms with van der Waals surface area (Å²) >= 11 is 10.1. The number of hydrogen-bond acceptors (Lipinski definition) is 5. The first-order valence-corrected chi connectivity index (χ1v) is 5.99. The fourth-order valence-corrected chi connectivity index (χ4v) is 2.20. The van der Waals surface area contributed by atoms with Gasteiger partial charge in [-0.2, -0.15) is 10.5 Å². The molecule has 0 fully saturated rings. The maximum absolute atomic E-state index is 9.22. The molecule has 0 saturated carbocycles. The lowest BCUT2D eigenvalue weighted by Crippen LogP contribution is -2.02. The predicted octanol–water partition coefficient (Wildman–Crippen LogP) is 3.02. The van der Waals surface area contributed by atoms with Gasteiger partial charge in [0.1, 0.15) is 28.5 Å². The predicted molar refractivity (Wildman–Crippen MR) is 75.8 cm³/mol. The minimum Gasteiger partial charge on any atom is -0.383 e. The van der Waals surface area contributed by atoms with E-state index in [1.807, 2.05) is 12.1 Å². The molecule has 0 amide bonds. The van der Waals surface area contributed by atoms with Crippen molar-refractivity contribution in [3.8, 4) is 23.3 Å². The van der Waals surface area contributed by atoms with Gasteiger partial charge < -0.3 is 5.73 Å². The highest BCUT2D eigenvalue weighted by molar-refractivity contribution is 7.80. The maximum atomic E-state index is 9.22. The van der Waals surface area contributed by atoms with Crippen molar-refractivity contribution in [1.82, 2.24) is 4.98 Å². The van der Waals surface area contributed by atoms with Gasteiger partial charge in [-0.1, -0.05) is 23.7 Å². The van der Waals surface area contributed by atoms with E-state index in [2.05, 4.69) is 17.6 Å². The van der Waals surface area contributed by atoms with E-state index in [0.29, 0.717) is 16.1 Å². The molecule has 19 heavy (non-hydrogen) atoms. The molecule has 0 aliphatic carbocycles. The fraction of sp³-hybridized carbons (Fsp3) is 0. The van der Waals surface area contributed by atoms with Crippen molar-refractivity contribution in [3.05, 3.63) is 40.4 Å². The number of nitrogens with zero attached hydrogens (tertiary/aromatic N) is 3. The summed E-state index contributed by atoms with van der Waals surface area (Å²) in [6.07, 6.45) is 0. The second-order valence-electron chi connectivity index (χ2n) is 3.68. The van der Waals surface area contributed by atoms with Gasteiger partial charge in [-0.15, -0.1) is 12.6 Å². The Morgan fingerprint density at radius 1 is 1.21 bits per heavy atom. The number of nitrogens with two attached hydrogens (primary N) is 1. The lowest BCUT2D eigenvalue weighted by atomic mass is 9.97. The van der Waals surface area contributed by atoms with Crippen LogP contribution in [-0.2, 0) is 0 Å². The number of hydrogen-bond donors (Lipinski definition) is 2. The summed E-state index contributed by atoms with van der Waals surface area (Å²) in [5, 5.41) is 19.1. The van der Waals surface area contributed by atoms with Gasteiger partial charge in [0.25, 0.3) is 0 Å². The molecule has 0 saturated heterocycles. The molecular weight excluding hydrogens is 280 g/mol. The molecule has 0 aliphatic rings. The zero-order valence-electron chi connectivity index (χ0n) is 9.55. The molecule has 0 radical (unpaired) electrons. The van der Waals surface area contributed by atoms with E-state index < -0.39 is 0 Å². The zero-order valence-corrected chi connectivity index (χ0v) is 11.2. The third kappa shape index (κ3) is 2.34. The van der Waals surface area contributed by atoms with Crippen LogP contribution in [0.5, 0.6) is 0 Å². The number of anilines is 1. The summed E-state index contributed by atoms with van der Waals surface area (Å²) in [4.78, 5) is 3.89. The van der Waals surface area contributed by atoms with Gasteiger partial charge in [0, 0.05) is 10.6 Å². The van der Waals surface area contributed by atoms with Crippen LogP contribution in [0.3, 0.4) is 0 Å². The molecule has 0 unspecified atom stereocenters. The molecule has 1 heterocycles. The van der Waals surface area contributed by atoms with Crippen molar-refractivity contribution in [3.63, 3.8) is 0 Å². The molecule has 0 spiro atoms. The standard InChI is InChI=1S/C13H7ClN4S/c14-8-3-1-2-7(4-8)11-9(5-15)12(17)18-13(19)10(11)6-16/h1-4H,(H3,17,18,19). The Bertz CT molecular complexity index is 705. The Hall–Kier alpha value is -2.21. The molecule has 0 bridgehead atoms. The number of thiol groups is 1. The monoisotopic (exact) mass is 286 g/mol. The van der Waals surface area contributed by atoms with Crippen LogP contribution in [0.4, 0.5) is 5.82 Å². The van der Waals surface area contributed by atoms with Crippen molar-refractivity contribution in [2.45, 2.75) is 5.03 Å². The quantitative estimate of drug-likeness (QED) is 0.789. The number of aromatic nitrogens is 1. The van der Waals surface area contributed by atoms with Crippen LogP contribution < -0.4 is 5.73 Å². The lowest BCUT2D eigenvalue weighted by molar-refractivity contribution is 1.12. The highest BCUT2D eigenvalue weighted by Gasteiger charge is 2.18. The summed E-state index contributed by atoms with van der Waals surface area (Å²) in [7, 11) is 0. The average molecular weight is 287 g/mol. The first kappa shape index (κ1) is 13.2. The van der Waals surface area contributed by atoms with E-state index in [1.165, 1.54) is 0 Å². The van der Waals surface area contributed by atoms with Gasteiger partial charge in [-0.3, -0.25) is 0 Å². The highest BCUT2D eigenvalue weighted by Crippen LogP contribution is 2.33. The van der Waals surface area contributed by atoms with Crippen molar-refractivity contribution in [1.29, 1.82) is 10.5 Å². The first-order chi connectivity index (χ1) is 9.08. The van der Waals surface area contributed by atoms with Crippen molar-refractivity contribution in [2.24, 2.45) is 0 Å². The van der Waals surface area contributed by atoms with E-state index in [9.17, 15) is 10.5 Å². The Kier molecular flexibility index (Phi) is 3.62. The smallest absolute Gasteiger partial charge is 0.143 e. The van der Waals surface area contributed by atoms with Crippen LogP contribution >= 0.6 is 24.2 Å². The van der Waals surface area contributed by atoms with Gasteiger partial charge in [0.2, 0.25) is 0 Å². The van der Waals surface area contributed by atoms with Gasteiger partial charge >= 0.3 is 0 Å². The summed E-state index contributed by atoms with van der Waals surface area (Å²) in [5.74, 6) is 0.0430. The van der Waals surface area contributed by atoms with Crippen LogP contribution in [-0.4, -0.2) is 4.98 Å². The maximum Gasteiger partial charge on any atom is 0.143 e. The molecule has 6 heteroatoms. The summed E-state index contributed by atoms with van der Waals surface area (Å²) in [6, 6.07) is 10.8. The Morgan fingerprint density at radius 2 is 1.89 bits per heavy atom. The van der Waals surface area contributed by atoms with E-state index in [-0.39, 0.29) is 22.0 Å². The van der Waals surface area contributed by atoms with E-state index in [4.69, 9.17) is 17.3 Å². The SMILES string of the molecule is N#Cc1c(N)nc(S)c(C#N)c1-c1cccc(Cl)c1. The first-order valence-electron chi connectivity index (χ1n) is 5.17. The second kappa shape index (κ2) is 5.19. The topological polar surface area (TPSA) is 86.5 Å². The number of pyridine rings is 1. The van der Waals surface area contributed by atoms with Gasteiger partial charge in [0.05, 0.1) is 5.56 Å². The molecule has 2 rings (SSSR count). The van der Waals surface area contributed by atoms with E-state index in [1.54, 1.807) is 24.3 Å². The van der Waals surface area contributed by atoms with Crippen LogP contribution in [0, 0.1) is 22.7 Å². The molecule has 2 N–H and O–H groups in total. The normalized spacial score (nSPS) is 9.68. The highest BCUT2D eigenvalue weighted by atomic mass is 35.5. The fourth-order valence-electron chi connectivity index (χ4n) is 1.74. The van der Waals surface area contributed by atoms with Gasteiger partial charge in [-0.25, -0.2) is 4.98 Å². The van der Waals surface area contributed by atoms with E-state index >= 15 is 0 Å². The average Bonchev–Trinajstić information content (AvgIpc) is 2.38. The largest absolute Gasteiger partial charge is 0.383 e. The third-order valence-electron chi connectivity index (χ3n) is 2.54. The van der Waals surface area contributed by atoms with Crippen LogP contribution in [0.25, 0.3) is 11.1 Å². The zero-order chi connectivity index (χ0) is 14.0. The van der Waals surface area contributed by atoms with Gasteiger partial charge in [-0.05, 0) is 17.7 Å². The number of nitriles is 2. The van der Waals surface area contributed by atoms with Crippen molar-refractivity contribution < 1.29 is 0 Å². The van der Waals surface area contributed by atoms with Crippen LogP contribution in [0.2, 0.25) is 5.02 Å². The number of halogens is 1. The minimum absolute atomic E-state index is 0.0430. The summed E-state index contributed by atoms with van der Waals surface area (Å²) in [6.45, 7) is 0. The van der Waals surface area contributed by atoms with E-state index in [0.717, 1.165) is 0 Å². The molecule has 4 nitrogen and oxygen atoms in total. The molecule has 0 atom stereocenters.